The van der Waals surface area contributed by atoms with Crippen LogP contribution in [0.25, 0.3) is 11.5 Å². The van der Waals surface area contributed by atoms with Crippen LogP contribution < -0.4 is 0 Å². The van der Waals surface area contributed by atoms with Crippen LogP contribution >= 0.6 is 23.4 Å². The molecule has 2 heterocycles. The smallest absolute Gasteiger partial charge is 0.249 e. The largest absolute Gasteiger partial charge is 0.420 e. The van der Waals surface area contributed by atoms with E-state index in [-0.39, 0.29) is 0 Å². The van der Waals surface area contributed by atoms with Gasteiger partial charge in [-0.05, 0) is 31.4 Å². The minimum atomic E-state index is 0.370. The lowest BCUT2D eigenvalue weighted by molar-refractivity contribution is 0.0315. The van der Waals surface area contributed by atoms with E-state index in [0.717, 1.165) is 24.3 Å². The third kappa shape index (κ3) is 3.99. The second kappa shape index (κ2) is 7.29. The molecule has 0 unspecified atom stereocenters. The third-order valence-electron chi connectivity index (χ3n) is 3.37. The summed E-state index contributed by atoms with van der Waals surface area (Å²) >= 11 is 7.90. The van der Waals surface area contributed by atoms with Crippen LogP contribution in [0.5, 0.6) is 0 Å². The van der Waals surface area contributed by atoms with E-state index in [1.165, 1.54) is 12.8 Å². The van der Waals surface area contributed by atoms with Crippen molar-refractivity contribution in [3.05, 3.63) is 35.2 Å². The Morgan fingerprint density at radius 3 is 2.95 bits per heavy atom. The van der Waals surface area contributed by atoms with Crippen LogP contribution in [0.1, 0.15) is 25.2 Å². The van der Waals surface area contributed by atoms with E-state index in [2.05, 4.69) is 10.2 Å². The molecule has 0 radical (unpaired) electrons. The van der Waals surface area contributed by atoms with Gasteiger partial charge in [-0.25, -0.2) is 0 Å². The first-order valence-corrected chi connectivity index (χ1v) is 8.63. The van der Waals surface area contributed by atoms with E-state index >= 15 is 0 Å². The van der Waals surface area contributed by atoms with Crippen molar-refractivity contribution >= 4 is 23.4 Å². The van der Waals surface area contributed by atoms with Gasteiger partial charge in [0.2, 0.25) is 11.8 Å². The van der Waals surface area contributed by atoms with Crippen molar-refractivity contribution < 1.29 is 9.15 Å². The van der Waals surface area contributed by atoms with E-state index in [1.54, 1.807) is 11.8 Å². The Hall–Kier alpha value is -1.04. The van der Waals surface area contributed by atoms with Crippen LogP contribution in [0.4, 0.5) is 0 Å². The normalized spacial score (nSPS) is 18.8. The molecule has 1 aliphatic rings. The van der Waals surface area contributed by atoms with Crippen molar-refractivity contribution in [2.24, 2.45) is 0 Å². The van der Waals surface area contributed by atoms with E-state index < -0.39 is 0 Å². The van der Waals surface area contributed by atoms with Crippen LogP contribution in [-0.4, -0.2) is 28.7 Å². The molecule has 1 atom stereocenters. The first-order valence-electron chi connectivity index (χ1n) is 7.09. The molecular weight excluding hydrogens is 308 g/mol. The van der Waals surface area contributed by atoms with Crippen LogP contribution in [0.3, 0.4) is 0 Å². The first kappa shape index (κ1) is 14.9. The maximum Gasteiger partial charge on any atom is 0.249 e. The van der Waals surface area contributed by atoms with Gasteiger partial charge in [-0.15, -0.1) is 22.0 Å². The van der Waals surface area contributed by atoms with Crippen molar-refractivity contribution in [3.63, 3.8) is 0 Å². The Morgan fingerprint density at radius 1 is 1.24 bits per heavy atom. The summed E-state index contributed by atoms with van der Waals surface area (Å²) in [6.45, 7) is 0.891. The molecule has 0 aliphatic carbocycles. The van der Waals surface area contributed by atoms with E-state index in [0.29, 0.717) is 28.7 Å². The number of benzene rings is 1. The van der Waals surface area contributed by atoms with Crippen LogP contribution in [0, 0.1) is 0 Å². The fraction of sp³-hybridized carbons (Fsp3) is 0.467. The van der Waals surface area contributed by atoms with Gasteiger partial charge in [-0.1, -0.05) is 23.7 Å². The number of nitrogens with zero attached hydrogens (tertiary/aromatic N) is 2. The molecule has 2 aromatic rings. The molecule has 6 heteroatoms. The van der Waals surface area contributed by atoms with Crippen LogP contribution in [0.15, 0.2) is 28.7 Å². The number of hydrogen-bond acceptors (Lipinski definition) is 5. The monoisotopic (exact) mass is 324 g/mol. The first-order chi connectivity index (χ1) is 10.3. The minimum absolute atomic E-state index is 0.370. The SMILES string of the molecule is Clc1ccccc1-c1nnc(CSC[C@@H]2CCCCO2)o1. The van der Waals surface area contributed by atoms with Crippen molar-refractivity contribution in [1.29, 1.82) is 0 Å². The zero-order valence-electron chi connectivity index (χ0n) is 11.6. The second-order valence-electron chi connectivity index (χ2n) is 4.98. The van der Waals surface area contributed by atoms with Crippen molar-refractivity contribution in [2.45, 2.75) is 31.1 Å². The molecule has 1 saturated heterocycles. The Bertz CT molecular complexity index is 585. The Morgan fingerprint density at radius 2 is 2.14 bits per heavy atom. The third-order valence-corrected chi connectivity index (χ3v) is 4.76. The number of rotatable bonds is 5. The minimum Gasteiger partial charge on any atom is -0.420 e. The molecule has 21 heavy (non-hydrogen) atoms. The van der Waals surface area contributed by atoms with E-state index in [4.69, 9.17) is 20.8 Å². The molecule has 1 aromatic carbocycles. The molecule has 112 valence electrons. The van der Waals surface area contributed by atoms with Gasteiger partial charge in [-0.3, -0.25) is 0 Å². The molecule has 0 N–H and O–H groups in total. The predicted octanol–water partition coefficient (Wildman–Crippen LogP) is 4.19. The van der Waals surface area contributed by atoms with E-state index in [9.17, 15) is 0 Å². The summed E-state index contributed by atoms with van der Waals surface area (Å²) in [5.74, 6) is 2.79. The van der Waals surface area contributed by atoms with Crippen molar-refractivity contribution in [2.75, 3.05) is 12.4 Å². The number of aromatic nitrogens is 2. The van der Waals surface area contributed by atoms with Gasteiger partial charge >= 0.3 is 0 Å². The van der Waals surface area contributed by atoms with Gasteiger partial charge in [-0.2, -0.15) is 0 Å². The number of hydrogen-bond donors (Lipinski definition) is 0. The van der Waals surface area contributed by atoms with Gasteiger partial charge in [0.15, 0.2) is 0 Å². The highest BCUT2D eigenvalue weighted by molar-refractivity contribution is 7.98. The summed E-state index contributed by atoms with van der Waals surface area (Å²) in [5, 5.41) is 8.77. The average molecular weight is 325 g/mol. The Balaban J connectivity index is 1.54. The van der Waals surface area contributed by atoms with E-state index in [1.807, 2.05) is 24.3 Å². The molecule has 1 aliphatic heterocycles. The molecular formula is C15H17ClN2O2S. The van der Waals surface area contributed by atoms with Gasteiger partial charge < -0.3 is 9.15 Å². The maximum atomic E-state index is 6.12. The number of halogens is 1. The van der Waals surface area contributed by atoms with Gasteiger partial charge in [0.1, 0.15) is 0 Å². The van der Waals surface area contributed by atoms with Crippen molar-refractivity contribution in [1.82, 2.24) is 10.2 Å². The number of ether oxygens (including phenoxy) is 1. The summed E-state index contributed by atoms with van der Waals surface area (Å²) in [6, 6.07) is 7.47. The molecule has 0 bridgehead atoms. The van der Waals surface area contributed by atoms with Crippen LogP contribution in [0.2, 0.25) is 5.02 Å². The standard InChI is InChI=1S/C15H17ClN2O2S/c16-13-7-2-1-6-12(13)15-18-17-14(20-15)10-21-9-11-5-3-4-8-19-11/h1-2,6-7,11H,3-5,8-10H2/t11-/m0/s1. The number of thioether (sulfide) groups is 1. The molecule has 0 spiro atoms. The summed E-state index contributed by atoms with van der Waals surface area (Å²) in [5.41, 5.74) is 0.776. The Kier molecular flexibility index (Phi) is 5.17. The maximum absolute atomic E-state index is 6.12. The highest BCUT2D eigenvalue weighted by Crippen LogP contribution is 2.27. The topological polar surface area (TPSA) is 48.2 Å². The molecule has 0 saturated carbocycles. The lowest BCUT2D eigenvalue weighted by Gasteiger charge is -2.21. The van der Waals surface area contributed by atoms with Gasteiger partial charge in [0.25, 0.3) is 0 Å². The van der Waals surface area contributed by atoms with Crippen LogP contribution in [-0.2, 0) is 10.5 Å². The zero-order chi connectivity index (χ0) is 14.5. The highest BCUT2D eigenvalue weighted by atomic mass is 35.5. The fourth-order valence-corrected chi connectivity index (χ4v) is 3.42. The summed E-state index contributed by atoms with van der Waals surface area (Å²) in [7, 11) is 0. The lowest BCUT2D eigenvalue weighted by atomic mass is 10.1. The molecule has 1 aromatic heterocycles. The highest BCUT2D eigenvalue weighted by Gasteiger charge is 2.15. The molecule has 0 amide bonds. The molecule has 3 rings (SSSR count). The van der Waals surface area contributed by atoms with Gasteiger partial charge in [0.05, 0.1) is 22.4 Å². The summed E-state index contributed by atoms with van der Waals surface area (Å²) < 4.78 is 11.4. The quantitative estimate of drug-likeness (QED) is 0.825. The zero-order valence-corrected chi connectivity index (χ0v) is 13.2. The molecule has 4 nitrogen and oxygen atoms in total. The predicted molar refractivity (Wildman–Crippen MR) is 84.5 cm³/mol. The fourth-order valence-electron chi connectivity index (χ4n) is 2.27. The second-order valence-corrected chi connectivity index (χ2v) is 6.42. The van der Waals surface area contributed by atoms with Crippen molar-refractivity contribution in [3.8, 4) is 11.5 Å². The Labute approximate surface area is 133 Å². The summed E-state index contributed by atoms with van der Waals surface area (Å²) in [6.07, 6.45) is 3.98. The molecule has 1 fully saturated rings. The lowest BCUT2D eigenvalue weighted by Crippen LogP contribution is -2.21. The van der Waals surface area contributed by atoms with Gasteiger partial charge in [0, 0.05) is 12.4 Å². The average Bonchev–Trinajstić information content (AvgIpc) is 2.97. The summed E-state index contributed by atoms with van der Waals surface area (Å²) in [4.78, 5) is 0.